The molecule has 4 saturated carbocycles. The van der Waals surface area contributed by atoms with Crippen LogP contribution in [0.15, 0.2) is 24.3 Å². The summed E-state index contributed by atoms with van der Waals surface area (Å²) in [5.74, 6) is 2.90. The lowest BCUT2D eigenvalue weighted by molar-refractivity contribution is -0.140. The van der Waals surface area contributed by atoms with Crippen molar-refractivity contribution in [3.8, 4) is 0 Å². The number of nitrogens with one attached hydrogen (secondary N) is 1. The molecule has 1 aromatic rings. The largest absolute Gasteiger partial charge is 0.349 e. The van der Waals surface area contributed by atoms with E-state index in [2.05, 4.69) is 10.2 Å². The maximum atomic E-state index is 13.1. The van der Waals surface area contributed by atoms with Crippen LogP contribution in [0, 0.1) is 23.2 Å². The molecule has 4 nitrogen and oxygen atoms in total. The van der Waals surface area contributed by atoms with Crippen LogP contribution in [-0.4, -0.2) is 35.8 Å². The molecule has 5 heteroatoms. The van der Waals surface area contributed by atoms with Gasteiger partial charge in [-0.05, 0) is 86.7 Å². The van der Waals surface area contributed by atoms with Crippen LogP contribution in [0.3, 0.4) is 0 Å². The van der Waals surface area contributed by atoms with Gasteiger partial charge in [-0.3, -0.25) is 9.59 Å². The molecular formula is C24H31ClN2O2. The number of hydrogen-bond acceptors (Lipinski definition) is 2. The standard InChI is InChI=1S/C24H31ClN2O2/c25-21-4-2-1-3-20(21)23(29)26-19-5-7-27(8-6-19)22(28)15-24-12-16-9-17(13-24)11-18(10-16)14-24/h1-4,16-19H,5-15H2,(H,26,29). The second-order valence-electron chi connectivity index (χ2n) is 10.2. The molecule has 4 bridgehead atoms. The van der Waals surface area contributed by atoms with Gasteiger partial charge >= 0.3 is 0 Å². The Labute approximate surface area is 178 Å². The van der Waals surface area contributed by atoms with Gasteiger partial charge in [0.05, 0.1) is 10.6 Å². The van der Waals surface area contributed by atoms with E-state index in [0.29, 0.717) is 21.9 Å². The molecular weight excluding hydrogens is 384 g/mol. The molecule has 4 aliphatic carbocycles. The number of amides is 2. The number of carbonyl (C=O) groups is 2. The van der Waals surface area contributed by atoms with Crippen molar-refractivity contribution in [2.24, 2.45) is 23.2 Å². The lowest BCUT2D eigenvalue weighted by atomic mass is 9.49. The highest BCUT2D eigenvalue weighted by atomic mass is 35.5. The van der Waals surface area contributed by atoms with Crippen LogP contribution in [0.1, 0.15) is 68.1 Å². The van der Waals surface area contributed by atoms with Gasteiger partial charge in [-0.15, -0.1) is 0 Å². The predicted octanol–water partition coefficient (Wildman–Crippen LogP) is 4.67. The molecule has 5 fully saturated rings. The number of benzene rings is 1. The van der Waals surface area contributed by atoms with Crippen LogP contribution < -0.4 is 5.32 Å². The van der Waals surface area contributed by atoms with Gasteiger partial charge in [0, 0.05) is 25.6 Å². The number of likely N-dealkylation sites (tertiary alicyclic amines) is 1. The molecule has 1 aromatic carbocycles. The van der Waals surface area contributed by atoms with Crippen LogP contribution in [0.2, 0.25) is 5.02 Å². The van der Waals surface area contributed by atoms with E-state index in [1.165, 1.54) is 38.5 Å². The molecule has 29 heavy (non-hydrogen) atoms. The first-order chi connectivity index (χ1) is 14.0. The fourth-order valence-electron chi connectivity index (χ4n) is 7.12. The number of rotatable bonds is 4. The monoisotopic (exact) mass is 414 g/mol. The first-order valence-electron chi connectivity index (χ1n) is 11.3. The Hall–Kier alpha value is -1.55. The third-order valence-electron chi connectivity index (χ3n) is 7.99. The van der Waals surface area contributed by atoms with E-state index in [9.17, 15) is 9.59 Å². The van der Waals surface area contributed by atoms with Gasteiger partial charge in [-0.25, -0.2) is 0 Å². The summed E-state index contributed by atoms with van der Waals surface area (Å²) < 4.78 is 0. The van der Waals surface area contributed by atoms with E-state index in [1.54, 1.807) is 12.1 Å². The molecule has 0 atom stereocenters. The van der Waals surface area contributed by atoms with Crippen molar-refractivity contribution >= 4 is 23.4 Å². The maximum Gasteiger partial charge on any atom is 0.253 e. The van der Waals surface area contributed by atoms with Gasteiger partial charge in [-0.2, -0.15) is 0 Å². The van der Waals surface area contributed by atoms with Crippen LogP contribution in [0.4, 0.5) is 0 Å². The zero-order chi connectivity index (χ0) is 20.0. The van der Waals surface area contributed by atoms with Gasteiger partial charge < -0.3 is 10.2 Å². The zero-order valence-electron chi connectivity index (χ0n) is 17.0. The van der Waals surface area contributed by atoms with E-state index in [4.69, 9.17) is 11.6 Å². The normalized spacial score (nSPS) is 33.7. The third kappa shape index (κ3) is 3.93. The van der Waals surface area contributed by atoms with Crippen molar-refractivity contribution in [1.29, 1.82) is 0 Å². The first-order valence-corrected chi connectivity index (χ1v) is 11.7. The van der Waals surface area contributed by atoms with E-state index in [-0.39, 0.29) is 11.9 Å². The summed E-state index contributed by atoms with van der Waals surface area (Å²) >= 11 is 6.14. The summed E-state index contributed by atoms with van der Waals surface area (Å²) in [5, 5.41) is 3.58. The van der Waals surface area contributed by atoms with Crippen LogP contribution in [0.25, 0.3) is 0 Å². The molecule has 1 saturated heterocycles. The highest BCUT2D eigenvalue weighted by Gasteiger charge is 2.51. The Morgan fingerprint density at radius 2 is 1.59 bits per heavy atom. The number of carbonyl (C=O) groups excluding carboxylic acids is 2. The smallest absolute Gasteiger partial charge is 0.253 e. The van der Waals surface area contributed by atoms with Crippen molar-refractivity contribution in [1.82, 2.24) is 10.2 Å². The van der Waals surface area contributed by atoms with Gasteiger partial charge in [0.25, 0.3) is 5.91 Å². The molecule has 6 rings (SSSR count). The molecule has 0 aromatic heterocycles. The van der Waals surface area contributed by atoms with Gasteiger partial charge in [0.1, 0.15) is 0 Å². The molecule has 1 aliphatic heterocycles. The average Bonchev–Trinajstić information content (AvgIpc) is 2.67. The Kier molecular flexibility index (Phi) is 5.09. The van der Waals surface area contributed by atoms with Crippen molar-refractivity contribution in [2.75, 3.05) is 13.1 Å². The van der Waals surface area contributed by atoms with Crippen molar-refractivity contribution in [2.45, 2.75) is 63.8 Å². The fraction of sp³-hybridized carbons (Fsp3) is 0.667. The number of nitrogens with zero attached hydrogens (tertiary/aromatic N) is 1. The van der Waals surface area contributed by atoms with E-state index < -0.39 is 0 Å². The van der Waals surface area contributed by atoms with Crippen LogP contribution in [0.5, 0.6) is 0 Å². The molecule has 0 spiro atoms. The first kappa shape index (κ1) is 19.4. The average molecular weight is 415 g/mol. The summed E-state index contributed by atoms with van der Waals surface area (Å²) in [6.07, 6.45) is 10.5. The van der Waals surface area contributed by atoms with E-state index >= 15 is 0 Å². The number of hydrogen-bond donors (Lipinski definition) is 1. The minimum atomic E-state index is -0.117. The number of halogens is 1. The Bertz CT molecular complexity index is 765. The van der Waals surface area contributed by atoms with E-state index in [1.807, 2.05) is 12.1 Å². The topological polar surface area (TPSA) is 49.4 Å². The zero-order valence-corrected chi connectivity index (χ0v) is 17.8. The minimum absolute atomic E-state index is 0.113. The number of piperidine rings is 1. The minimum Gasteiger partial charge on any atom is -0.349 e. The molecule has 2 amide bonds. The van der Waals surface area contributed by atoms with Crippen molar-refractivity contribution in [3.05, 3.63) is 34.9 Å². The summed E-state index contributed by atoms with van der Waals surface area (Å²) in [5.41, 5.74) is 0.829. The Morgan fingerprint density at radius 3 is 2.17 bits per heavy atom. The quantitative estimate of drug-likeness (QED) is 0.778. The van der Waals surface area contributed by atoms with Crippen LogP contribution in [-0.2, 0) is 4.79 Å². The highest BCUT2D eigenvalue weighted by molar-refractivity contribution is 6.33. The summed E-state index contributed by atoms with van der Waals surface area (Å²) in [6.45, 7) is 1.50. The third-order valence-corrected chi connectivity index (χ3v) is 8.32. The molecule has 5 aliphatic rings. The molecule has 0 unspecified atom stereocenters. The van der Waals surface area contributed by atoms with Crippen molar-refractivity contribution < 1.29 is 9.59 Å². The summed E-state index contributed by atoms with van der Waals surface area (Å²) in [7, 11) is 0. The molecule has 1 N–H and O–H groups in total. The second-order valence-corrected chi connectivity index (χ2v) is 10.6. The summed E-state index contributed by atoms with van der Waals surface area (Å²) in [4.78, 5) is 27.6. The van der Waals surface area contributed by atoms with Crippen molar-refractivity contribution in [3.63, 3.8) is 0 Å². The van der Waals surface area contributed by atoms with Gasteiger partial charge in [0.2, 0.25) is 5.91 Å². The lowest BCUT2D eigenvalue weighted by Crippen LogP contribution is -2.50. The van der Waals surface area contributed by atoms with Gasteiger partial charge in [0.15, 0.2) is 0 Å². The molecule has 0 radical (unpaired) electrons. The second kappa shape index (κ2) is 7.61. The summed E-state index contributed by atoms with van der Waals surface area (Å²) in [6, 6.07) is 7.26. The lowest BCUT2D eigenvalue weighted by Gasteiger charge is -2.57. The van der Waals surface area contributed by atoms with E-state index in [0.717, 1.165) is 50.1 Å². The SMILES string of the molecule is O=C(NC1CCN(C(=O)CC23CC4CC(CC(C4)C2)C3)CC1)c1ccccc1Cl. The maximum absolute atomic E-state index is 13.1. The Morgan fingerprint density at radius 1 is 1.00 bits per heavy atom. The Balaban J connectivity index is 1.14. The predicted molar refractivity (Wildman–Crippen MR) is 114 cm³/mol. The molecule has 1 heterocycles. The van der Waals surface area contributed by atoms with Gasteiger partial charge in [-0.1, -0.05) is 23.7 Å². The highest BCUT2D eigenvalue weighted by Crippen LogP contribution is 2.61. The molecule has 156 valence electrons. The van der Waals surface area contributed by atoms with Crippen LogP contribution >= 0.6 is 11.6 Å². The fourth-order valence-corrected chi connectivity index (χ4v) is 7.34.